The average molecular weight is 577 g/mol. The van der Waals surface area contributed by atoms with Gasteiger partial charge in [0, 0.05) is 46.2 Å². The number of rotatable bonds is 12. The van der Waals surface area contributed by atoms with Gasteiger partial charge in [0.1, 0.15) is 6.04 Å². The highest BCUT2D eigenvalue weighted by Gasteiger charge is 2.28. The van der Waals surface area contributed by atoms with Crippen molar-refractivity contribution >= 4 is 62.3 Å². The first kappa shape index (κ1) is 30.2. The summed E-state index contributed by atoms with van der Waals surface area (Å²) in [7, 11) is -3.59. The summed E-state index contributed by atoms with van der Waals surface area (Å²) in [6.45, 7) is 5.62. The molecular formula is C25H32Cl3N3O4S. The van der Waals surface area contributed by atoms with Crippen molar-refractivity contribution in [1.82, 2.24) is 10.2 Å². The second kappa shape index (κ2) is 13.5. The van der Waals surface area contributed by atoms with Gasteiger partial charge in [-0.05, 0) is 63.1 Å². The fourth-order valence-electron chi connectivity index (χ4n) is 3.51. The van der Waals surface area contributed by atoms with Crippen LogP contribution in [0.15, 0.2) is 42.5 Å². The third-order valence-corrected chi connectivity index (χ3v) is 7.98. The zero-order chi connectivity index (χ0) is 27.0. The fourth-order valence-corrected chi connectivity index (χ4v) is 5.12. The highest BCUT2D eigenvalue weighted by Crippen LogP contribution is 2.27. The van der Waals surface area contributed by atoms with E-state index in [0.717, 1.165) is 12.7 Å². The lowest BCUT2D eigenvalue weighted by Crippen LogP contribution is -2.49. The van der Waals surface area contributed by atoms with E-state index in [1.54, 1.807) is 49.4 Å². The first-order chi connectivity index (χ1) is 16.8. The number of halogens is 3. The number of nitrogens with one attached hydrogen (secondary N) is 1. The van der Waals surface area contributed by atoms with Crippen LogP contribution in [-0.2, 0) is 26.2 Å². The van der Waals surface area contributed by atoms with Gasteiger partial charge in [-0.1, -0.05) is 47.8 Å². The average Bonchev–Trinajstić information content (AvgIpc) is 2.81. The van der Waals surface area contributed by atoms with Crippen LogP contribution in [0.5, 0.6) is 0 Å². The molecule has 0 fully saturated rings. The molecule has 0 heterocycles. The third-order valence-electron chi connectivity index (χ3n) is 5.83. The van der Waals surface area contributed by atoms with Crippen LogP contribution in [0.25, 0.3) is 0 Å². The molecule has 198 valence electrons. The molecule has 0 unspecified atom stereocenters. The Balaban J connectivity index is 2.22. The molecule has 2 atom stereocenters. The van der Waals surface area contributed by atoms with E-state index >= 15 is 0 Å². The second-order valence-electron chi connectivity index (χ2n) is 8.63. The molecule has 0 aromatic heterocycles. The number of nitrogens with zero attached hydrogens (tertiary/aromatic N) is 2. The Morgan fingerprint density at radius 2 is 1.58 bits per heavy atom. The predicted octanol–water partition coefficient (Wildman–Crippen LogP) is 5.53. The number of carbonyl (C=O) groups is 2. The Hall–Kier alpha value is -2.00. The number of hydrogen-bond donors (Lipinski definition) is 1. The van der Waals surface area contributed by atoms with Crippen molar-refractivity contribution in [3.63, 3.8) is 0 Å². The normalized spacial score (nSPS) is 13.1. The molecule has 0 bridgehead atoms. The van der Waals surface area contributed by atoms with Crippen molar-refractivity contribution in [1.29, 1.82) is 0 Å². The van der Waals surface area contributed by atoms with E-state index < -0.39 is 16.1 Å². The van der Waals surface area contributed by atoms with Crippen LogP contribution in [0, 0.1) is 0 Å². The molecule has 0 radical (unpaired) electrons. The molecule has 7 nitrogen and oxygen atoms in total. The van der Waals surface area contributed by atoms with Crippen LogP contribution in [0.2, 0.25) is 15.1 Å². The molecule has 2 rings (SSSR count). The van der Waals surface area contributed by atoms with Crippen LogP contribution >= 0.6 is 34.8 Å². The largest absolute Gasteiger partial charge is 0.352 e. The lowest BCUT2D eigenvalue weighted by atomic mass is 10.1. The summed E-state index contributed by atoms with van der Waals surface area (Å²) in [6.07, 6.45) is 2.11. The van der Waals surface area contributed by atoms with Crippen LogP contribution in [-0.4, -0.2) is 50.0 Å². The summed E-state index contributed by atoms with van der Waals surface area (Å²) in [4.78, 5) is 27.7. The monoisotopic (exact) mass is 575 g/mol. The Morgan fingerprint density at radius 3 is 2.11 bits per heavy atom. The van der Waals surface area contributed by atoms with Gasteiger partial charge in [-0.25, -0.2) is 8.42 Å². The molecule has 2 amide bonds. The van der Waals surface area contributed by atoms with E-state index in [2.05, 4.69) is 5.32 Å². The Kier molecular flexibility index (Phi) is 11.3. The molecule has 0 spiro atoms. The molecule has 2 aromatic carbocycles. The maximum Gasteiger partial charge on any atom is 0.242 e. The topological polar surface area (TPSA) is 86.8 Å². The van der Waals surface area contributed by atoms with Crippen molar-refractivity contribution in [3.05, 3.63) is 63.1 Å². The van der Waals surface area contributed by atoms with E-state index in [9.17, 15) is 18.0 Å². The van der Waals surface area contributed by atoms with Crippen molar-refractivity contribution < 1.29 is 18.0 Å². The lowest BCUT2D eigenvalue weighted by Gasteiger charge is -2.30. The first-order valence-electron chi connectivity index (χ1n) is 11.6. The Bertz CT molecular complexity index is 1140. The van der Waals surface area contributed by atoms with Crippen LogP contribution in [0.4, 0.5) is 5.69 Å². The molecule has 0 aliphatic carbocycles. The zero-order valence-electron chi connectivity index (χ0n) is 20.8. The van der Waals surface area contributed by atoms with E-state index in [1.807, 2.05) is 13.8 Å². The van der Waals surface area contributed by atoms with Crippen LogP contribution in [0.1, 0.15) is 45.6 Å². The molecule has 36 heavy (non-hydrogen) atoms. The third kappa shape index (κ3) is 8.54. The smallest absolute Gasteiger partial charge is 0.242 e. The minimum absolute atomic E-state index is 0.0165. The fraction of sp³-hybridized carbons (Fsp3) is 0.440. The van der Waals surface area contributed by atoms with Crippen LogP contribution < -0.4 is 9.62 Å². The van der Waals surface area contributed by atoms with Gasteiger partial charge in [-0.3, -0.25) is 13.9 Å². The molecule has 0 aliphatic rings. The van der Waals surface area contributed by atoms with Gasteiger partial charge < -0.3 is 10.2 Å². The predicted molar refractivity (Wildman–Crippen MR) is 147 cm³/mol. The standard InChI is InChI=1S/C25H32Cl3N3O4S/c1-5-17(2)29-25(33)18(3)30(16-21-22(27)8-6-9-23(21)28)24(32)10-7-15-31(36(4,34)35)20-13-11-19(26)12-14-20/h6,8-9,11-14,17-18H,5,7,10,15-16H2,1-4H3,(H,29,33)/t17-,18+/m1/s1. The summed E-state index contributed by atoms with van der Waals surface area (Å²) in [6, 6.07) is 10.6. The number of carbonyl (C=O) groups excluding carboxylic acids is 2. The second-order valence-corrected chi connectivity index (χ2v) is 11.8. The van der Waals surface area contributed by atoms with Gasteiger partial charge in [0.25, 0.3) is 0 Å². The van der Waals surface area contributed by atoms with Gasteiger partial charge >= 0.3 is 0 Å². The summed E-state index contributed by atoms with van der Waals surface area (Å²) in [5, 5.41) is 4.17. The van der Waals surface area contributed by atoms with Crippen molar-refractivity contribution in [3.8, 4) is 0 Å². The molecule has 11 heteroatoms. The lowest BCUT2D eigenvalue weighted by molar-refractivity contribution is -0.140. The maximum absolute atomic E-state index is 13.4. The molecule has 0 saturated heterocycles. The molecule has 0 saturated carbocycles. The Labute approximate surface area is 228 Å². The number of amides is 2. The number of hydrogen-bond acceptors (Lipinski definition) is 4. The van der Waals surface area contributed by atoms with E-state index in [1.165, 1.54) is 9.21 Å². The first-order valence-corrected chi connectivity index (χ1v) is 14.6. The zero-order valence-corrected chi connectivity index (χ0v) is 23.9. The summed E-state index contributed by atoms with van der Waals surface area (Å²) >= 11 is 18.6. The summed E-state index contributed by atoms with van der Waals surface area (Å²) in [5.41, 5.74) is 0.992. The molecular weight excluding hydrogens is 545 g/mol. The number of benzene rings is 2. The van der Waals surface area contributed by atoms with E-state index in [-0.39, 0.29) is 43.8 Å². The molecule has 1 N–H and O–H groups in total. The minimum atomic E-state index is -3.59. The summed E-state index contributed by atoms with van der Waals surface area (Å²) < 4.78 is 26.0. The Morgan fingerprint density at radius 1 is 1.00 bits per heavy atom. The minimum Gasteiger partial charge on any atom is -0.352 e. The molecule has 2 aromatic rings. The van der Waals surface area contributed by atoms with Gasteiger partial charge in [0.2, 0.25) is 21.8 Å². The van der Waals surface area contributed by atoms with Crippen LogP contribution in [0.3, 0.4) is 0 Å². The SMILES string of the molecule is CC[C@@H](C)NC(=O)[C@H](C)N(Cc1c(Cl)cccc1Cl)C(=O)CCCN(c1ccc(Cl)cc1)S(C)(=O)=O. The number of sulfonamides is 1. The van der Waals surface area contributed by atoms with Crippen molar-refractivity contribution in [2.24, 2.45) is 0 Å². The maximum atomic E-state index is 13.4. The van der Waals surface area contributed by atoms with E-state index in [0.29, 0.717) is 26.3 Å². The van der Waals surface area contributed by atoms with Gasteiger partial charge in [-0.15, -0.1) is 0 Å². The van der Waals surface area contributed by atoms with Gasteiger partial charge in [-0.2, -0.15) is 0 Å². The van der Waals surface area contributed by atoms with Gasteiger partial charge in [0.15, 0.2) is 0 Å². The van der Waals surface area contributed by atoms with Crippen molar-refractivity contribution in [2.45, 2.75) is 58.7 Å². The van der Waals surface area contributed by atoms with Crippen molar-refractivity contribution in [2.75, 3.05) is 17.1 Å². The van der Waals surface area contributed by atoms with E-state index in [4.69, 9.17) is 34.8 Å². The highest BCUT2D eigenvalue weighted by molar-refractivity contribution is 7.92. The quantitative estimate of drug-likeness (QED) is 0.360. The molecule has 0 aliphatic heterocycles. The highest BCUT2D eigenvalue weighted by atomic mass is 35.5. The van der Waals surface area contributed by atoms with Gasteiger partial charge in [0.05, 0.1) is 11.9 Å². The summed E-state index contributed by atoms with van der Waals surface area (Å²) in [5.74, 6) is -0.609. The number of anilines is 1.